The highest BCUT2D eigenvalue weighted by molar-refractivity contribution is 5.92. The van der Waals surface area contributed by atoms with Gasteiger partial charge < -0.3 is 20.7 Å². The van der Waals surface area contributed by atoms with Crippen molar-refractivity contribution in [1.82, 2.24) is 9.97 Å². The van der Waals surface area contributed by atoms with Crippen molar-refractivity contribution in [2.24, 2.45) is 0 Å². The molecule has 1 amide bonds. The van der Waals surface area contributed by atoms with Crippen LogP contribution >= 0.6 is 0 Å². The third-order valence-electron chi connectivity index (χ3n) is 4.95. The number of hydrogen-bond donors (Lipinski definition) is 3. The maximum Gasteiger partial charge on any atom is 0.229 e. The molecule has 3 N–H and O–H groups in total. The van der Waals surface area contributed by atoms with Crippen LogP contribution in [0.15, 0.2) is 78.9 Å². The number of nitrogens with one attached hydrogen (secondary N) is 3. The van der Waals surface area contributed by atoms with Crippen molar-refractivity contribution in [3.8, 4) is 5.75 Å². The molecule has 34 heavy (non-hydrogen) atoms. The van der Waals surface area contributed by atoms with Gasteiger partial charge in [0, 0.05) is 28.8 Å². The smallest absolute Gasteiger partial charge is 0.229 e. The molecule has 0 fully saturated rings. The van der Waals surface area contributed by atoms with E-state index in [0.29, 0.717) is 23.0 Å². The number of hydrogen-bond acceptors (Lipinski definition) is 6. The first-order valence-corrected chi connectivity index (χ1v) is 10.7. The van der Waals surface area contributed by atoms with Gasteiger partial charge in [-0.1, -0.05) is 18.2 Å². The minimum absolute atomic E-state index is 0.0339. The number of methoxy groups -OCH3 is 1. The second kappa shape index (κ2) is 10.4. The number of carbonyl (C=O) groups is 1. The molecule has 8 heteroatoms. The number of anilines is 5. The number of halogens is 1. The summed E-state index contributed by atoms with van der Waals surface area (Å²) in [6.45, 7) is 1.89. The van der Waals surface area contributed by atoms with Crippen molar-refractivity contribution >= 4 is 34.7 Å². The van der Waals surface area contributed by atoms with Crippen molar-refractivity contribution in [3.63, 3.8) is 0 Å². The Morgan fingerprint density at radius 2 is 1.53 bits per heavy atom. The Balaban J connectivity index is 1.38. The average molecular weight is 458 g/mol. The van der Waals surface area contributed by atoms with Gasteiger partial charge in [0.05, 0.1) is 13.5 Å². The minimum atomic E-state index is -0.392. The van der Waals surface area contributed by atoms with Crippen LogP contribution in [0.5, 0.6) is 5.75 Å². The van der Waals surface area contributed by atoms with Crippen LogP contribution in [0.3, 0.4) is 0 Å². The quantitative estimate of drug-likeness (QED) is 0.319. The lowest BCUT2D eigenvalue weighted by atomic mass is 10.1. The first-order valence-electron chi connectivity index (χ1n) is 10.7. The summed E-state index contributed by atoms with van der Waals surface area (Å²) in [4.78, 5) is 21.2. The van der Waals surface area contributed by atoms with Crippen LogP contribution in [-0.4, -0.2) is 23.0 Å². The molecule has 3 aromatic carbocycles. The number of amides is 1. The molecule has 4 rings (SSSR count). The zero-order chi connectivity index (χ0) is 23.9. The molecule has 0 atom stereocenters. The van der Waals surface area contributed by atoms with Gasteiger partial charge in [-0.25, -0.2) is 9.37 Å². The Hall–Kier alpha value is -4.46. The van der Waals surface area contributed by atoms with Crippen molar-refractivity contribution in [3.05, 3.63) is 95.9 Å². The number of aryl methyl sites for hydroxylation is 1. The third-order valence-corrected chi connectivity index (χ3v) is 4.95. The van der Waals surface area contributed by atoms with Crippen molar-refractivity contribution in [2.45, 2.75) is 13.3 Å². The summed E-state index contributed by atoms with van der Waals surface area (Å²) >= 11 is 0. The highest BCUT2D eigenvalue weighted by Gasteiger charge is 2.09. The molecule has 1 heterocycles. The predicted molar refractivity (Wildman–Crippen MR) is 132 cm³/mol. The second-order valence-electron chi connectivity index (χ2n) is 7.59. The molecule has 0 aliphatic carbocycles. The number of aromatic nitrogens is 2. The van der Waals surface area contributed by atoms with Crippen LogP contribution in [0.2, 0.25) is 0 Å². The van der Waals surface area contributed by atoms with Crippen LogP contribution < -0.4 is 20.7 Å². The highest BCUT2D eigenvalue weighted by Crippen LogP contribution is 2.22. The van der Waals surface area contributed by atoms with E-state index in [4.69, 9.17) is 4.74 Å². The van der Waals surface area contributed by atoms with Gasteiger partial charge in [-0.2, -0.15) is 4.98 Å². The van der Waals surface area contributed by atoms with E-state index in [1.807, 2.05) is 37.3 Å². The van der Waals surface area contributed by atoms with Gasteiger partial charge in [0.2, 0.25) is 11.9 Å². The summed E-state index contributed by atoms with van der Waals surface area (Å²) in [5.41, 5.74) is 3.40. The molecule has 172 valence electrons. The first kappa shape index (κ1) is 22.7. The van der Waals surface area contributed by atoms with E-state index in [0.717, 1.165) is 22.8 Å². The van der Waals surface area contributed by atoms with Crippen LogP contribution in [-0.2, 0) is 11.2 Å². The van der Waals surface area contributed by atoms with Crippen LogP contribution in [0.1, 0.15) is 11.3 Å². The standard InChI is InChI=1S/C26H24FN5O2/c1-17-15-24(29-19-11-13-22(34-2)14-12-19)32-26(28-17)31-21-9-7-20(8-10-21)30-25(33)16-18-5-3-4-6-23(18)27/h3-15H,16H2,1-2H3,(H,30,33)(H2,28,29,31,32). The van der Waals surface area contributed by atoms with Gasteiger partial charge in [0.25, 0.3) is 0 Å². The van der Waals surface area contributed by atoms with Crippen LogP contribution in [0.25, 0.3) is 0 Å². The molecule has 0 aliphatic heterocycles. The van der Waals surface area contributed by atoms with Gasteiger partial charge in [0.1, 0.15) is 17.4 Å². The SMILES string of the molecule is COc1ccc(Nc2cc(C)nc(Nc3ccc(NC(=O)Cc4ccccc4F)cc3)n2)cc1. The molecule has 1 aromatic heterocycles. The molecule has 7 nitrogen and oxygen atoms in total. The molecule has 0 saturated heterocycles. The lowest BCUT2D eigenvalue weighted by Crippen LogP contribution is -2.15. The Bertz CT molecular complexity index is 1280. The van der Waals surface area contributed by atoms with E-state index in [2.05, 4.69) is 25.9 Å². The van der Waals surface area contributed by atoms with Gasteiger partial charge >= 0.3 is 0 Å². The van der Waals surface area contributed by atoms with Crippen LogP contribution in [0, 0.1) is 12.7 Å². The molecular formula is C26H24FN5O2. The molecule has 0 radical (unpaired) electrons. The van der Waals surface area contributed by atoms with Gasteiger partial charge in [0.15, 0.2) is 0 Å². The summed E-state index contributed by atoms with van der Waals surface area (Å²) in [5.74, 6) is 1.18. The molecule has 0 unspecified atom stereocenters. The van der Waals surface area contributed by atoms with E-state index >= 15 is 0 Å². The number of rotatable bonds is 8. The summed E-state index contributed by atoms with van der Waals surface area (Å²) in [6.07, 6.45) is -0.0339. The lowest BCUT2D eigenvalue weighted by Gasteiger charge is -2.11. The fourth-order valence-electron chi connectivity index (χ4n) is 3.30. The number of ether oxygens (including phenoxy) is 1. The minimum Gasteiger partial charge on any atom is -0.497 e. The zero-order valence-electron chi connectivity index (χ0n) is 18.8. The van der Waals surface area contributed by atoms with E-state index in [1.165, 1.54) is 6.07 Å². The lowest BCUT2D eigenvalue weighted by molar-refractivity contribution is -0.115. The third kappa shape index (κ3) is 6.07. The monoisotopic (exact) mass is 457 g/mol. The Morgan fingerprint density at radius 1 is 0.882 bits per heavy atom. The fraction of sp³-hybridized carbons (Fsp3) is 0.115. The number of nitrogens with zero attached hydrogens (tertiary/aromatic N) is 2. The Morgan fingerprint density at radius 3 is 2.24 bits per heavy atom. The van der Waals surface area contributed by atoms with Gasteiger partial charge in [-0.15, -0.1) is 0 Å². The zero-order valence-corrected chi connectivity index (χ0v) is 18.8. The molecule has 0 saturated carbocycles. The predicted octanol–water partition coefficient (Wildman–Crippen LogP) is 5.60. The molecule has 0 bridgehead atoms. The summed E-state index contributed by atoms with van der Waals surface area (Å²) in [6, 6.07) is 22.8. The van der Waals surface area contributed by atoms with Gasteiger partial charge in [-0.3, -0.25) is 4.79 Å². The van der Waals surface area contributed by atoms with Crippen molar-refractivity contribution in [2.75, 3.05) is 23.1 Å². The number of benzene rings is 3. The van der Waals surface area contributed by atoms with E-state index in [9.17, 15) is 9.18 Å². The Kier molecular flexibility index (Phi) is 6.98. The maximum absolute atomic E-state index is 13.7. The molecule has 0 spiro atoms. The summed E-state index contributed by atoms with van der Waals surface area (Å²) < 4.78 is 18.9. The largest absolute Gasteiger partial charge is 0.497 e. The average Bonchev–Trinajstić information content (AvgIpc) is 2.82. The van der Waals surface area contributed by atoms with Crippen molar-refractivity contribution < 1.29 is 13.9 Å². The fourth-order valence-corrected chi connectivity index (χ4v) is 3.30. The highest BCUT2D eigenvalue weighted by atomic mass is 19.1. The molecular weight excluding hydrogens is 433 g/mol. The molecule has 4 aromatic rings. The summed E-state index contributed by atoms with van der Waals surface area (Å²) in [7, 11) is 1.63. The topological polar surface area (TPSA) is 88.2 Å². The Labute approximate surface area is 197 Å². The summed E-state index contributed by atoms with van der Waals surface area (Å²) in [5, 5.41) is 9.21. The van der Waals surface area contributed by atoms with E-state index in [-0.39, 0.29) is 12.3 Å². The number of carbonyl (C=O) groups excluding carboxylic acids is 1. The first-order chi connectivity index (χ1) is 16.5. The van der Waals surface area contributed by atoms with Crippen LogP contribution in [0.4, 0.5) is 33.2 Å². The van der Waals surface area contributed by atoms with Gasteiger partial charge in [-0.05, 0) is 67.1 Å². The second-order valence-corrected chi connectivity index (χ2v) is 7.59. The normalized spacial score (nSPS) is 10.4. The molecule has 0 aliphatic rings. The van der Waals surface area contributed by atoms with E-state index < -0.39 is 5.82 Å². The van der Waals surface area contributed by atoms with Crippen molar-refractivity contribution in [1.29, 1.82) is 0 Å². The van der Waals surface area contributed by atoms with E-state index in [1.54, 1.807) is 49.6 Å². The maximum atomic E-state index is 13.7.